The third-order valence-electron chi connectivity index (χ3n) is 5.03. The molecule has 0 spiro atoms. The molecule has 0 saturated carbocycles. The van der Waals surface area contributed by atoms with Crippen molar-refractivity contribution in [1.82, 2.24) is 4.57 Å². The lowest BCUT2D eigenvalue weighted by molar-refractivity contribution is -0.520. The molecule has 0 fully saturated rings. The molecule has 4 rings (SSSR count). The van der Waals surface area contributed by atoms with Crippen LogP contribution in [-0.4, -0.2) is 4.57 Å². The Bertz CT molecular complexity index is 951. The van der Waals surface area contributed by atoms with Gasteiger partial charge in [-0.15, -0.1) is 0 Å². The molecule has 0 bridgehead atoms. The van der Waals surface area contributed by atoms with Crippen molar-refractivity contribution in [3.63, 3.8) is 0 Å². The van der Waals surface area contributed by atoms with E-state index in [0.29, 0.717) is 6.42 Å². The summed E-state index contributed by atoms with van der Waals surface area (Å²) in [6.45, 7) is 2.06. The van der Waals surface area contributed by atoms with Crippen LogP contribution < -0.4 is 9.14 Å². The summed E-state index contributed by atoms with van der Waals surface area (Å²) in [4.78, 5) is 0. The number of pyridine rings is 1. The fourth-order valence-electron chi connectivity index (χ4n) is 3.63. The molecule has 0 saturated heterocycles. The summed E-state index contributed by atoms with van der Waals surface area (Å²) in [6, 6.07) is 14.8. The van der Waals surface area contributed by atoms with Gasteiger partial charge < -0.3 is 4.74 Å². The molecule has 3 aromatic rings. The number of aromatic nitrogens is 2. The number of benzene rings is 1. The SMILES string of the molecule is Cc1c(CC#N)[n+]2ccc3c(c2n1C)OC(c1ccccc1)CC3. The number of imidazole rings is 1. The van der Waals surface area contributed by atoms with Gasteiger partial charge in [-0.1, -0.05) is 30.3 Å². The maximum atomic E-state index is 9.14. The summed E-state index contributed by atoms with van der Waals surface area (Å²) < 4.78 is 10.7. The lowest BCUT2D eigenvalue weighted by Crippen LogP contribution is -2.28. The maximum Gasteiger partial charge on any atom is 0.329 e. The van der Waals surface area contributed by atoms with Crippen LogP contribution in [0.2, 0.25) is 0 Å². The maximum absolute atomic E-state index is 9.14. The summed E-state index contributed by atoms with van der Waals surface area (Å²) in [5.74, 6) is 0.951. The van der Waals surface area contributed by atoms with Crippen LogP contribution >= 0.6 is 0 Å². The van der Waals surface area contributed by atoms with Gasteiger partial charge in [0.2, 0.25) is 5.75 Å². The van der Waals surface area contributed by atoms with E-state index in [0.717, 1.165) is 35.6 Å². The van der Waals surface area contributed by atoms with Crippen molar-refractivity contribution >= 4 is 5.65 Å². The molecule has 1 aromatic carbocycles. The Kier molecular flexibility index (Phi) is 3.50. The minimum absolute atomic E-state index is 0.0829. The second kappa shape index (κ2) is 5.68. The standard InChI is InChI=1S/C20H20N3O/c1-14-17(10-12-21)23-13-11-16-8-9-18(15-6-4-3-5-7-15)24-19(16)20(23)22(14)2/h3-7,11,13,18H,8-10H2,1-2H3/q+1. The van der Waals surface area contributed by atoms with Gasteiger partial charge >= 0.3 is 5.65 Å². The Labute approximate surface area is 141 Å². The van der Waals surface area contributed by atoms with Crippen molar-refractivity contribution in [2.75, 3.05) is 0 Å². The number of hydrogen-bond donors (Lipinski definition) is 0. The molecule has 4 heteroatoms. The number of nitriles is 1. The molecule has 0 amide bonds. The average molecular weight is 318 g/mol. The molecule has 3 heterocycles. The quantitative estimate of drug-likeness (QED) is 0.681. The number of ether oxygens (including phenoxy) is 1. The minimum atomic E-state index is 0.0829. The predicted molar refractivity (Wildman–Crippen MR) is 90.8 cm³/mol. The normalized spacial score (nSPS) is 16.5. The van der Waals surface area contributed by atoms with Crippen molar-refractivity contribution in [1.29, 1.82) is 5.26 Å². The predicted octanol–water partition coefficient (Wildman–Crippen LogP) is 3.20. The Balaban J connectivity index is 1.86. The highest BCUT2D eigenvalue weighted by atomic mass is 16.5. The molecule has 1 aliphatic heterocycles. The number of aryl methyl sites for hydroxylation is 2. The molecule has 4 nitrogen and oxygen atoms in total. The molecule has 0 aliphatic carbocycles. The van der Waals surface area contributed by atoms with Crippen LogP contribution in [0.15, 0.2) is 42.6 Å². The number of fused-ring (bicyclic) bond motifs is 3. The van der Waals surface area contributed by atoms with E-state index in [1.54, 1.807) is 0 Å². The largest absolute Gasteiger partial charge is 0.477 e. The Morgan fingerprint density at radius 2 is 2.08 bits per heavy atom. The Morgan fingerprint density at radius 3 is 2.83 bits per heavy atom. The molecule has 0 radical (unpaired) electrons. The van der Waals surface area contributed by atoms with Crippen LogP contribution in [0.3, 0.4) is 0 Å². The van der Waals surface area contributed by atoms with Crippen LogP contribution in [0.4, 0.5) is 0 Å². The second-order valence-electron chi connectivity index (χ2n) is 6.35. The van der Waals surface area contributed by atoms with E-state index >= 15 is 0 Å². The number of nitrogens with zero attached hydrogens (tertiary/aromatic N) is 3. The van der Waals surface area contributed by atoms with Gasteiger partial charge in [-0.25, -0.2) is 4.57 Å². The van der Waals surface area contributed by atoms with Gasteiger partial charge in [-0.3, -0.25) is 0 Å². The van der Waals surface area contributed by atoms with Crippen LogP contribution in [0, 0.1) is 18.3 Å². The molecule has 1 aliphatic rings. The highest BCUT2D eigenvalue weighted by Gasteiger charge is 2.30. The van der Waals surface area contributed by atoms with Crippen molar-refractivity contribution in [3.8, 4) is 11.8 Å². The van der Waals surface area contributed by atoms with E-state index in [-0.39, 0.29) is 6.10 Å². The first-order chi connectivity index (χ1) is 11.7. The molecule has 120 valence electrons. The van der Waals surface area contributed by atoms with E-state index in [2.05, 4.69) is 58.5 Å². The highest BCUT2D eigenvalue weighted by Crippen LogP contribution is 2.37. The monoisotopic (exact) mass is 318 g/mol. The first kappa shape index (κ1) is 14.8. The Morgan fingerprint density at radius 1 is 1.29 bits per heavy atom. The van der Waals surface area contributed by atoms with Crippen LogP contribution in [-0.2, 0) is 19.9 Å². The zero-order valence-corrected chi connectivity index (χ0v) is 14.0. The summed E-state index contributed by atoms with van der Waals surface area (Å²) in [7, 11) is 2.04. The molecule has 1 atom stereocenters. The first-order valence-electron chi connectivity index (χ1n) is 8.30. The van der Waals surface area contributed by atoms with E-state index in [1.165, 1.54) is 11.1 Å². The van der Waals surface area contributed by atoms with Gasteiger partial charge in [-0.05, 0) is 24.5 Å². The topological polar surface area (TPSA) is 42.0 Å². The van der Waals surface area contributed by atoms with E-state index in [4.69, 9.17) is 10.00 Å². The van der Waals surface area contributed by atoms with Gasteiger partial charge in [0.1, 0.15) is 18.2 Å². The van der Waals surface area contributed by atoms with Gasteiger partial charge in [0, 0.05) is 12.5 Å². The van der Waals surface area contributed by atoms with E-state index in [1.807, 2.05) is 13.1 Å². The van der Waals surface area contributed by atoms with Crippen molar-refractivity contribution in [2.24, 2.45) is 7.05 Å². The lowest BCUT2D eigenvalue weighted by atomic mass is 9.98. The molecule has 24 heavy (non-hydrogen) atoms. The first-order valence-corrected chi connectivity index (χ1v) is 8.30. The average Bonchev–Trinajstić information content (AvgIpc) is 2.87. The Hall–Kier alpha value is -2.80. The minimum Gasteiger partial charge on any atom is -0.477 e. The third kappa shape index (κ3) is 2.16. The van der Waals surface area contributed by atoms with Crippen molar-refractivity contribution in [3.05, 3.63) is 65.1 Å². The summed E-state index contributed by atoms with van der Waals surface area (Å²) in [6.07, 6.45) is 4.54. The second-order valence-corrected chi connectivity index (χ2v) is 6.35. The highest BCUT2D eigenvalue weighted by molar-refractivity contribution is 5.56. The summed E-state index contributed by atoms with van der Waals surface area (Å²) in [5, 5.41) is 9.14. The zero-order chi connectivity index (χ0) is 16.7. The van der Waals surface area contributed by atoms with Crippen molar-refractivity contribution < 1.29 is 9.14 Å². The number of rotatable bonds is 2. The lowest BCUT2D eigenvalue weighted by Gasteiger charge is -2.25. The third-order valence-corrected chi connectivity index (χ3v) is 5.03. The van der Waals surface area contributed by atoms with Crippen LogP contribution in [0.5, 0.6) is 5.75 Å². The fourth-order valence-corrected chi connectivity index (χ4v) is 3.63. The van der Waals surface area contributed by atoms with Crippen LogP contribution in [0.1, 0.15) is 35.0 Å². The summed E-state index contributed by atoms with van der Waals surface area (Å²) in [5.41, 5.74) is 5.63. The van der Waals surface area contributed by atoms with Crippen LogP contribution in [0.25, 0.3) is 5.65 Å². The van der Waals surface area contributed by atoms with Gasteiger partial charge in [0.15, 0.2) is 5.69 Å². The fraction of sp³-hybridized carbons (Fsp3) is 0.300. The van der Waals surface area contributed by atoms with Crippen molar-refractivity contribution in [2.45, 2.75) is 32.3 Å². The van der Waals surface area contributed by atoms with Gasteiger partial charge in [0.25, 0.3) is 0 Å². The molecule has 1 unspecified atom stereocenters. The van der Waals surface area contributed by atoms with E-state index in [9.17, 15) is 0 Å². The molecule has 0 N–H and O–H groups in total. The van der Waals surface area contributed by atoms with Gasteiger partial charge in [0.05, 0.1) is 19.3 Å². The smallest absolute Gasteiger partial charge is 0.329 e. The van der Waals surface area contributed by atoms with Gasteiger partial charge in [-0.2, -0.15) is 9.66 Å². The van der Waals surface area contributed by atoms with E-state index < -0.39 is 0 Å². The molecular weight excluding hydrogens is 298 g/mol. The number of hydrogen-bond acceptors (Lipinski definition) is 2. The molecular formula is C20H20N3O+. The summed E-state index contributed by atoms with van der Waals surface area (Å²) >= 11 is 0. The zero-order valence-electron chi connectivity index (χ0n) is 14.0. The molecule has 2 aromatic heterocycles.